The minimum Gasteiger partial charge on any atom is -0.493 e. The van der Waals surface area contributed by atoms with E-state index in [2.05, 4.69) is 31.0 Å². The first kappa shape index (κ1) is 37.3. The van der Waals surface area contributed by atoms with Crippen molar-refractivity contribution in [1.82, 2.24) is 10.3 Å². The molecule has 0 unspecified atom stereocenters. The molecule has 0 bridgehead atoms. The summed E-state index contributed by atoms with van der Waals surface area (Å²) < 4.78 is 25.7. The number of carbonyl (C=O) groups excluding carboxylic acids is 1. The Morgan fingerprint density at radius 1 is 1.02 bits per heavy atom. The summed E-state index contributed by atoms with van der Waals surface area (Å²) in [6.45, 7) is 15.9. The molecule has 0 spiro atoms. The average molecular weight is 688 g/mol. The summed E-state index contributed by atoms with van der Waals surface area (Å²) in [5.74, 6) is -0.337. The number of hydrogen-bond acceptors (Lipinski definition) is 6. The number of aryl methyl sites for hydroxylation is 1. The second kappa shape index (κ2) is 15.5. The van der Waals surface area contributed by atoms with Gasteiger partial charge in [0.05, 0.1) is 17.9 Å². The summed E-state index contributed by atoms with van der Waals surface area (Å²) in [7, 11) is 0. The Morgan fingerprint density at radius 3 is 2.22 bits per heavy atom. The van der Waals surface area contributed by atoms with Crippen molar-refractivity contribution in [3.63, 3.8) is 0 Å². The van der Waals surface area contributed by atoms with Gasteiger partial charge in [-0.05, 0) is 113 Å². The molecule has 50 heavy (non-hydrogen) atoms. The average Bonchev–Trinajstić information content (AvgIpc) is 3.05. The van der Waals surface area contributed by atoms with Crippen molar-refractivity contribution in [2.24, 2.45) is 11.3 Å². The van der Waals surface area contributed by atoms with E-state index in [0.29, 0.717) is 60.3 Å². The van der Waals surface area contributed by atoms with Crippen LogP contribution >= 0.6 is 0 Å². The van der Waals surface area contributed by atoms with Gasteiger partial charge in [0.15, 0.2) is 6.10 Å². The number of halogens is 1. The third-order valence-electron chi connectivity index (χ3n) is 10.1. The minimum absolute atomic E-state index is 0.0560. The number of amides is 1. The zero-order valence-corrected chi connectivity index (χ0v) is 30.8. The van der Waals surface area contributed by atoms with Crippen molar-refractivity contribution in [2.75, 3.05) is 24.6 Å². The number of nitrogens with one attached hydrogen (secondary N) is 1. The largest absolute Gasteiger partial charge is 0.493 e. The Labute approximate surface area is 296 Å². The highest BCUT2D eigenvalue weighted by Crippen LogP contribution is 2.45. The van der Waals surface area contributed by atoms with Crippen molar-refractivity contribution in [1.29, 1.82) is 0 Å². The van der Waals surface area contributed by atoms with Gasteiger partial charge in [-0.15, -0.1) is 0 Å². The first-order chi connectivity index (χ1) is 23.6. The first-order valence-corrected chi connectivity index (χ1v) is 18.1. The molecule has 1 aliphatic heterocycles. The van der Waals surface area contributed by atoms with Crippen LogP contribution in [0, 0.1) is 24.1 Å². The van der Waals surface area contributed by atoms with E-state index in [9.17, 15) is 19.1 Å². The number of hydrogen-bond donors (Lipinski definition) is 2. The van der Waals surface area contributed by atoms with Gasteiger partial charge in [-0.2, -0.15) is 0 Å². The molecule has 270 valence electrons. The number of carboxylic acids is 1. The van der Waals surface area contributed by atoms with Crippen LogP contribution in [0.2, 0.25) is 0 Å². The number of aliphatic carboxylic acids is 1. The van der Waals surface area contributed by atoms with Gasteiger partial charge in [-0.25, -0.2) is 14.2 Å². The monoisotopic (exact) mass is 687 g/mol. The summed E-state index contributed by atoms with van der Waals surface area (Å²) in [5, 5.41) is 13.9. The summed E-state index contributed by atoms with van der Waals surface area (Å²) in [6, 6.07) is 14.0. The summed E-state index contributed by atoms with van der Waals surface area (Å²) in [6.07, 6.45) is 5.10. The van der Waals surface area contributed by atoms with Gasteiger partial charge in [0.2, 0.25) is 0 Å². The Bertz CT molecular complexity index is 1630. The van der Waals surface area contributed by atoms with E-state index in [0.717, 1.165) is 49.7 Å². The molecular formula is C41H54FN3O5. The molecule has 1 saturated heterocycles. The molecular weight excluding hydrogens is 633 g/mol. The number of piperidine rings is 1. The fourth-order valence-electron chi connectivity index (χ4n) is 7.02. The number of rotatable bonds is 11. The molecule has 1 aromatic heterocycles. The van der Waals surface area contributed by atoms with Crippen molar-refractivity contribution >= 4 is 17.6 Å². The van der Waals surface area contributed by atoms with Gasteiger partial charge in [-0.3, -0.25) is 4.79 Å². The molecule has 2 aliphatic rings. The van der Waals surface area contributed by atoms with Gasteiger partial charge in [0.1, 0.15) is 17.3 Å². The molecule has 8 nitrogen and oxygen atoms in total. The van der Waals surface area contributed by atoms with Crippen LogP contribution in [0.4, 0.5) is 10.1 Å². The quantitative estimate of drug-likeness (QED) is 0.208. The molecule has 2 aromatic carbocycles. The zero-order chi connectivity index (χ0) is 36.2. The fraction of sp³-hybridized carbons (Fsp3) is 0.537. The second-order valence-electron chi connectivity index (χ2n) is 16.0. The SMILES string of the molecule is Cc1nc(C(=O)NC2CCC(C)CC2)c(-c2ccc(OCCc3ccc(F)cc3)cc2)c(N2CCC(C)(C)CC2)c1[C@H](OC(C)(C)C)C(=O)O. The van der Waals surface area contributed by atoms with Gasteiger partial charge < -0.3 is 24.8 Å². The summed E-state index contributed by atoms with van der Waals surface area (Å²) in [5.41, 5.74) is 3.63. The van der Waals surface area contributed by atoms with Gasteiger partial charge in [0.25, 0.3) is 5.91 Å². The normalized spacial score (nSPS) is 19.9. The number of carboxylic acid groups (broad SMARTS) is 1. The third-order valence-corrected chi connectivity index (χ3v) is 10.1. The number of benzene rings is 2. The van der Waals surface area contributed by atoms with Gasteiger partial charge >= 0.3 is 5.97 Å². The van der Waals surface area contributed by atoms with Crippen LogP contribution in [0.15, 0.2) is 48.5 Å². The Kier molecular flexibility index (Phi) is 11.6. The number of ether oxygens (including phenoxy) is 2. The van der Waals surface area contributed by atoms with Gasteiger partial charge in [0, 0.05) is 42.4 Å². The molecule has 2 N–H and O–H groups in total. The topological polar surface area (TPSA) is 101 Å². The van der Waals surface area contributed by atoms with Crippen molar-refractivity contribution in [2.45, 2.75) is 111 Å². The van der Waals surface area contributed by atoms with Crippen LogP contribution in [0.3, 0.4) is 0 Å². The molecule has 2 fully saturated rings. The van der Waals surface area contributed by atoms with Crippen molar-refractivity contribution < 1.29 is 28.6 Å². The maximum Gasteiger partial charge on any atom is 0.337 e. The molecule has 9 heteroatoms. The van der Waals surface area contributed by atoms with E-state index in [4.69, 9.17) is 14.5 Å². The predicted molar refractivity (Wildman–Crippen MR) is 195 cm³/mol. The standard InChI is InChI=1S/C41H54FN3O5/c1-26-8-16-31(17-9-26)44-38(46)35-34(29-12-18-32(19-13-29)49-25-20-28-10-14-30(42)15-11-28)36(45-23-21-41(6,7)22-24-45)33(27(2)43-35)37(39(47)48)50-40(3,4)5/h10-15,18-19,26,31,37H,8-9,16-17,20-25H2,1-7H3,(H,44,46)(H,47,48)/t26?,31?,37-/m0/s1. The second-order valence-corrected chi connectivity index (χ2v) is 16.0. The van der Waals surface area contributed by atoms with Crippen LogP contribution in [0.5, 0.6) is 5.75 Å². The zero-order valence-electron chi connectivity index (χ0n) is 30.8. The minimum atomic E-state index is -1.29. The van der Waals surface area contributed by atoms with Crippen molar-refractivity contribution in [3.8, 4) is 16.9 Å². The van der Waals surface area contributed by atoms with E-state index in [-0.39, 0.29) is 28.9 Å². The first-order valence-electron chi connectivity index (χ1n) is 18.1. The van der Waals surface area contributed by atoms with Gasteiger partial charge in [-0.1, -0.05) is 45.0 Å². The fourth-order valence-corrected chi connectivity index (χ4v) is 7.02. The van der Waals surface area contributed by atoms with E-state index < -0.39 is 17.7 Å². The highest BCUT2D eigenvalue weighted by atomic mass is 19.1. The predicted octanol–water partition coefficient (Wildman–Crippen LogP) is 8.69. The molecule has 1 atom stereocenters. The van der Waals surface area contributed by atoms with Crippen LogP contribution in [-0.4, -0.2) is 53.3 Å². The number of aromatic nitrogens is 1. The van der Waals surface area contributed by atoms with Crippen molar-refractivity contribution in [3.05, 3.63) is 76.9 Å². The number of carbonyl (C=O) groups is 2. The highest BCUT2D eigenvalue weighted by molar-refractivity contribution is 6.04. The van der Waals surface area contributed by atoms with E-state index in [1.807, 2.05) is 45.0 Å². The molecule has 3 aromatic rings. The lowest BCUT2D eigenvalue weighted by Crippen LogP contribution is -2.41. The summed E-state index contributed by atoms with van der Waals surface area (Å²) in [4.78, 5) is 34.5. The molecule has 1 aliphatic carbocycles. The third kappa shape index (κ3) is 9.42. The van der Waals surface area contributed by atoms with E-state index in [1.54, 1.807) is 19.1 Å². The maximum absolute atomic E-state index is 14.3. The number of anilines is 1. The summed E-state index contributed by atoms with van der Waals surface area (Å²) >= 11 is 0. The Hall–Kier alpha value is -3.98. The smallest absolute Gasteiger partial charge is 0.337 e. The Balaban J connectivity index is 1.60. The van der Waals surface area contributed by atoms with Crippen LogP contribution in [0.25, 0.3) is 11.1 Å². The lowest BCUT2D eigenvalue weighted by Gasteiger charge is -2.41. The lowest BCUT2D eigenvalue weighted by atomic mass is 9.81. The molecule has 0 radical (unpaired) electrons. The maximum atomic E-state index is 14.3. The van der Waals surface area contributed by atoms with Crippen LogP contribution in [-0.2, 0) is 16.0 Å². The van der Waals surface area contributed by atoms with E-state index >= 15 is 0 Å². The molecule has 1 amide bonds. The number of nitrogens with zero attached hydrogens (tertiary/aromatic N) is 2. The molecule has 5 rings (SSSR count). The van der Waals surface area contributed by atoms with Crippen LogP contribution in [0.1, 0.15) is 113 Å². The highest BCUT2D eigenvalue weighted by Gasteiger charge is 2.38. The molecule has 1 saturated carbocycles. The molecule has 2 heterocycles. The van der Waals surface area contributed by atoms with Crippen LogP contribution < -0.4 is 15.0 Å². The number of pyridine rings is 1. The van der Waals surface area contributed by atoms with E-state index in [1.165, 1.54) is 12.1 Å². The Morgan fingerprint density at radius 2 is 1.64 bits per heavy atom. The lowest BCUT2D eigenvalue weighted by molar-refractivity contribution is -0.160.